The molecule has 1 aromatic carbocycles. The van der Waals surface area contributed by atoms with Gasteiger partial charge in [-0.1, -0.05) is 18.2 Å². The normalized spacial score (nSPS) is 10.8. The molecule has 17 heavy (non-hydrogen) atoms. The number of carbonyl (C=O) groups is 1. The van der Waals surface area contributed by atoms with E-state index in [1.807, 2.05) is 18.2 Å². The summed E-state index contributed by atoms with van der Waals surface area (Å²) in [5.41, 5.74) is 1.61. The topological polar surface area (TPSA) is 63.1 Å². The Morgan fingerprint density at radius 2 is 1.82 bits per heavy atom. The van der Waals surface area contributed by atoms with Gasteiger partial charge in [-0.25, -0.2) is 4.79 Å². The Morgan fingerprint density at radius 3 is 2.65 bits per heavy atom. The maximum Gasteiger partial charge on any atom is 0.336 e. The first-order valence-electron chi connectivity index (χ1n) is 5.13. The van der Waals surface area contributed by atoms with E-state index in [1.54, 1.807) is 12.3 Å². The highest BCUT2D eigenvalue weighted by Crippen LogP contribution is 2.24. The van der Waals surface area contributed by atoms with Crippen molar-refractivity contribution in [1.29, 1.82) is 0 Å². The summed E-state index contributed by atoms with van der Waals surface area (Å²) in [6, 6.07) is 8.90. The Morgan fingerprint density at radius 1 is 1.00 bits per heavy atom. The predicted octanol–water partition coefficient (Wildman–Crippen LogP) is 2.48. The highest BCUT2D eigenvalue weighted by atomic mass is 16.4. The summed E-state index contributed by atoms with van der Waals surface area (Å²) in [6.07, 6.45) is 3.18. The molecule has 0 bridgehead atoms. The summed E-state index contributed by atoms with van der Waals surface area (Å²) < 4.78 is 0. The average molecular weight is 224 g/mol. The van der Waals surface area contributed by atoms with Crippen molar-refractivity contribution >= 4 is 27.8 Å². The number of aromatic nitrogens is 2. The molecular formula is C13H8N2O2. The van der Waals surface area contributed by atoms with Crippen molar-refractivity contribution in [3.05, 3.63) is 48.3 Å². The van der Waals surface area contributed by atoms with E-state index in [1.165, 1.54) is 12.3 Å². The van der Waals surface area contributed by atoms with Crippen molar-refractivity contribution in [2.75, 3.05) is 0 Å². The van der Waals surface area contributed by atoms with Crippen LogP contribution in [-0.4, -0.2) is 21.0 Å². The number of hydrogen-bond acceptors (Lipinski definition) is 3. The molecule has 0 radical (unpaired) electrons. The van der Waals surface area contributed by atoms with Crippen LogP contribution in [0.15, 0.2) is 42.7 Å². The Balaban J connectivity index is 2.52. The van der Waals surface area contributed by atoms with Crippen LogP contribution in [-0.2, 0) is 0 Å². The minimum Gasteiger partial charge on any atom is -0.478 e. The zero-order valence-electron chi connectivity index (χ0n) is 8.79. The van der Waals surface area contributed by atoms with Gasteiger partial charge in [0.15, 0.2) is 0 Å². The Labute approximate surface area is 96.6 Å². The van der Waals surface area contributed by atoms with E-state index in [0.29, 0.717) is 10.9 Å². The number of carboxylic acid groups (broad SMARTS) is 1. The second kappa shape index (κ2) is 3.52. The second-order valence-electron chi connectivity index (χ2n) is 3.70. The number of pyridine rings is 2. The number of hydrogen-bond donors (Lipinski definition) is 1. The largest absolute Gasteiger partial charge is 0.478 e. The van der Waals surface area contributed by atoms with Crippen molar-refractivity contribution in [2.45, 2.75) is 0 Å². The standard InChI is InChI=1S/C13H8N2O2/c16-13(17)10-5-7-15-12-9(10)4-3-8-2-1-6-14-11(8)12/h1-7H,(H,16,17). The van der Waals surface area contributed by atoms with Crippen LogP contribution in [0, 0.1) is 0 Å². The van der Waals surface area contributed by atoms with Crippen molar-refractivity contribution in [2.24, 2.45) is 0 Å². The van der Waals surface area contributed by atoms with Crippen LogP contribution in [0.1, 0.15) is 10.4 Å². The smallest absolute Gasteiger partial charge is 0.336 e. The molecule has 3 rings (SSSR count). The number of nitrogens with zero attached hydrogens (tertiary/aromatic N) is 2. The first-order chi connectivity index (χ1) is 8.27. The van der Waals surface area contributed by atoms with Gasteiger partial charge in [0.2, 0.25) is 0 Å². The highest BCUT2D eigenvalue weighted by Gasteiger charge is 2.10. The van der Waals surface area contributed by atoms with Gasteiger partial charge in [0, 0.05) is 23.2 Å². The summed E-state index contributed by atoms with van der Waals surface area (Å²) in [5, 5.41) is 10.7. The van der Waals surface area contributed by atoms with Gasteiger partial charge in [-0.15, -0.1) is 0 Å². The van der Waals surface area contributed by atoms with E-state index < -0.39 is 5.97 Å². The zero-order chi connectivity index (χ0) is 11.8. The van der Waals surface area contributed by atoms with Crippen LogP contribution in [0.3, 0.4) is 0 Å². The lowest BCUT2D eigenvalue weighted by Gasteiger charge is -2.04. The molecule has 82 valence electrons. The maximum atomic E-state index is 11.1. The number of rotatable bonds is 1. The predicted molar refractivity (Wildman–Crippen MR) is 64.0 cm³/mol. The first kappa shape index (κ1) is 9.72. The molecule has 1 N–H and O–H groups in total. The Hall–Kier alpha value is -2.49. The Kier molecular flexibility index (Phi) is 2.01. The number of benzene rings is 1. The van der Waals surface area contributed by atoms with Gasteiger partial charge in [-0.3, -0.25) is 9.97 Å². The summed E-state index contributed by atoms with van der Waals surface area (Å²) in [6.45, 7) is 0. The van der Waals surface area contributed by atoms with Crippen LogP contribution in [0.25, 0.3) is 21.8 Å². The van der Waals surface area contributed by atoms with Crippen LogP contribution in [0.4, 0.5) is 0 Å². The third-order valence-corrected chi connectivity index (χ3v) is 2.71. The fourth-order valence-electron chi connectivity index (χ4n) is 1.94. The minimum absolute atomic E-state index is 0.252. The SMILES string of the molecule is O=C(O)c1ccnc2c1ccc1cccnc12. The molecule has 0 atom stereocenters. The average Bonchev–Trinajstić information content (AvgIpc) is 2.37. The molecule has 3 aromatic rings. The molecule has 0 saturated carbocycles. The fourth-order valence-corrected chi connectivity index (χ4v) is 1.94. The molecule has 0 aliphatic rings. The molecule has 2 aromatic heterocycles. The van der Waals surface area contributed by atoms with Crippen molar-refractivity contribution in [3.63, 3.8) is 0 Å². The molecule has 0 aliphatic carbocycles. The molecule has 4 heteroatoms. The lowest BCUT2D eigenvalue weighted by Crippen LogP contribution is -1.98. The molecule has 0 amide bonds. The Bertz CT molecular complexity index is 738. The maximum absolute atomic E-state index is 11.1. The summed E-state index contributed by atoms with van der Waals surface area (Å²) in [5.74, 6) is -0.951. The van der Waals surface area contributed by atoms with Gasteiger partial charge >= 0.3 is 5.97 Å². The number of carboxylic acids is 1. The third-order valence-electron chi connectivity index (χ3n) is 2.71. The zero-order valence-corrected chi connectivity index (χ0v) is 8.79. The minimum atomic E-state index is -0.951. The highest BCUT2D eigenvalue weighted by molar-refractivity contribution is 6.10. The first-order valence-corrected chi connectivity index (χ1v) is 5.13. The molecular weight excluding hydrogens is 216 g/mol. The van der Waals surface area contributed by atoms with Crippen molar-refractivity contribution < 1.29 is 9.90 Å². The molecule has 2 heterocycles. The van der Waals surface area contributed by atoms with E-state index in [4.69, 9.17) is 5.11 Å². The van der Waals surface area contributed by atoms with Gasteiger partial charge in [-0.2, -0.15) is 0 Å². The van der Waals surface area contributed by atoms with Gasteiger partial charge in [-0.05, 0) is 12.1 Å². The molecule has 0 spiro atoms. The van der Waals surface area contributed by atoms with Gasteiger partial charge < -0.3 is 5.11 Å². The molecule has 0 fully saturated rings. The van der Waals surface area contributed by atoms with Gasteiger partial charge in [0.05, 0.1) is 16.6 Å². The van der Waals surface area contributed by atoms with E-state index in [0.717, 1.165) is 10.9 Å². The summed E-state index contributed by atoms with van der Waals surface area (Å²) >= 11 is 0. The summed E-state index contributed by atoms with van der Waals surface area (Å²) in [4.78, 5) is 19.6. The van der Waals surface area contributed by atoms with Crippen LogP contribution >= 0.6 is 0 Å². The molecule has 4 nitrogen and oxygen atoms in total. The van der Waals surface area contributed by atoms with E-state index in [2.05, 4.69) is 9.97 Å². The van der Waals surface area contributed by atoms with E-state index >= 15 is 0 Å². The lowest BCUT2D eigenvalue weighted by atomic mass is 10.1. The number of fused-ring (bicyclic) bond motifs is 3. The molecule has 0 aliphatic heterocycles. The van der Waals surface area contributed by atoms with E-state index in [-0.39, 0.29) is 5.56 Å². The lowest BCUT2D eigenvalue weighted by molar-refractivity contribution is 0.0699. The fraction of sp³-hybridized carbons (Fsp3) is 0. The van der Waals surface area contributed by atoms with Crippen molar-refractivity contribution in [1.82, 2.24) is 9.97 Å². The van der Waals surface area contributed by atoms with Crippen LogP contribution < -0.4 is 0 Å². The third kappa shape index (κ3) is 1.42. The van der Waals surface area contributed by atoms with Crippen molar-refractivity contribution in [3.8, 4) is 0 Å². The number of aromatic carboxylic acids is 1. The summed E-state index contributed by atoms with van der Waals surface area (Å²) in [7, 11) is 0. The van der Waals surface area contributed by atoms with Gasteiger partial charge in [0.1, 0.15) is 0 Å². The molecule has 0 saturated heterocycles. The van der Waals surface area contributed by atoms with E-state index in [9.17, 15) is 4.79 Å². The molecule has 0 unspecified atom stereocenters. The quantitative estimate of drug-likeness (QED) is 0.645. The van der Waals surface area contributed by atoms with Gasteiger partial charge in [0.25, 0.3) is 0 Å². The van der Waals surface area contributed by atoms with Crippen LogP contribution in [0.2, 0.25) is 0 Å². The monoisotopic (exact) mass is 224 g/mol. The second-order valence-corrected chi connectivity index (χ2v) is 3.70. The van der Waals surface area contributed by atoms with Crippen LogP contribution in [0.5, 0.6) is 0 Å².